The van der Waals surface area contributed by atoms with Gasteiger partial charge in [-0.15, -0.1) is 24.4 Å². The number of rotatable bonds is 34. The number of benzene rings is 4. The van der Waals surface area contributed by atoms with E-state index >= 15 is 0 Å². The summed E-state index contributed by atoms with van der Waals surface area (Å²) in [6.07, 6.45) is 11.0. The number of aromatic nitrogens is 1. The predicted molar refractivity (Wildman–Crippen MR) is 421 cm³/mol. The number of thioether (sulfide) groups is 1. The van der Waals surface area contributed by atoms with Crippen LogP contribution >= 0.6 is 24.4 Å². The molecule has 1 unspecified atom stereocenters. The fourth-order valence-corrected chi connectivity index (χ4v) is 18.3. The highest BCUT2D eigenvalue weighted by Crippen LogP contribution is 2.63. The first kappa shape index (κ1) is 80.6. The normalized spacial score (nSPS) is 21.0. The van der Waals surface area contributed by atoms with E-state index in [2.05, 4.69) is 83.9 Å². The fraction of sp³-hybridized carbons (Fsp3) is 0.568. The molecule has 26 heteroatoms. The van der Waals surface area contributed by atoms with Crippen molar-refractivity contribution in [1.29, 1.82) is 0 Å². The van der Waals surface area contributed by atoms with Crippen molar-refractivity contribution in [1.82, 2.24) is 50.6 Å². The number of hydrogen-bond donors (Lipinski definition) is 7. The summed E-state index contributed by atoms with van der Waals surface area (Å²) in [6.45, 7) is 25.1. The molecule has 3 aliphatic carbocycles. The lowest BCUT2D eigenvalue weighted by atomic mass is 9.69. The van der Waals surface area contributed by atoms with Crippen molar-refractivity contribution >= 4 is 81.4 Å². The number of fused-ring (bicyclic) bond motifs is 1. The van der Waals surface area contributed by atoms with E-state index in [1.54, 1.807) is 45.3 Å². The maximum atomic E-state index is 14.0. The van der Waals surface area contributed by atoms with Gasteiger partial charge in [0, 0.05) is 149 Å². The molecule has 4 heterocycles. The molecule has 580 valence electrons. The number of nitrogens with zero attached hydrogens (tertiary/aromatic N) is 6. The van der Waals surface area contributed by atoms with Crippen molar-refractivity contribution in [2.75, 3.05) is 127 Å². The Kier molecular flexibility index (Phi) is 28.1. The number of thiol groups is 1. The molecule has 107 heavy (non-hydrogen) atoms. The number of likely N-dealkylation sites (tertiary alicyclic amines) is 1. The SMILES string of the molecule is CC[C@@H]1C[C@H](C2=C(CN3CCN(c4ccc(C(=O)NS(=O)(=O)c5ccc(N[C@H](CCN6CCN(C(=O)NCCOCCOCCNC(=O)CCC(=O)N[C@H](C(=O)N7CCC[C@H]7C(=O)NCc7ccc(-c8ocnc8C)cc7)C(C)(C)C)CC6)CSc6ccccc6)c(S)c5)cc4)CC3)CCC(C)(C)C2)[C@@H]2CC12. The van der Waals surface area contributed by atoms with Gasteiger partial charge >= 0.3 is 6.03 Å². The summed E-state index contributed by atoms with van der Waals surface area (Å²) in [5.41, 5.74) is 7.75. The number of carbonyl (C=O) groups excluding carboxylic acids is 6. The molecule has 0 bridgehead atoms. The first-order chi connectivity index (χ1) is 51.4. The molecule has 0 spiro atoms. The summed E-state index contributed by atoms with van der Waals surface area (Å²) in [6, 6.07) is 27.9. The number of ether oxygens (including phenoxy) is 2. The Balaban J connectivity index is 0.540. The van der Waals surface area contributed by atoms with E-state index in [9.17, 15) is 37.2 Å². The number of urea groups is 1. The van der Waals surface area contributed by atoms with E-state index in [1.165, 1.54) is 57.1 Å². The van der Waals surface area contributed by atoms with Gasteiger partial charge in [0.25, 0.3) is 15.9 Å². The van der Waals surface area contributed by atoms with Crippen molar-refractivity contribution in [2.45, 2.75) is 158 Å². The summed E-state index contributed by atoms with van der Waals surface area (Å²) in [7, 11) is -4.24. The Bertz CT molecular complexity index is 3990. The summed E-state index contributed by atoms with van der Waals surface area (Å²) in [4.78, 5) is 96.5. The average molecular weight is 1530 g/mol. The van der Waals surface area contributed by atoms with Gasteiger partial charge in [-0.25, -0.2) is 22.9 Å². The highest BCUT2D eigenvalue weighted by molar-refractivity contribution is 7.99. The Labute approximate surface area is 642 Å². The molecule has 5 fully saturated rings. The highest BCUT2D eigenvalue weighted by atomic mass is 32.2. The number of allylic oxidation sites excluding steroid dienone is 1. The minimum Gasteiger partial charge on any atom is -0.443 e. The molecular formula is C81H112N12O11S3. The number of hydrogen-bond acceptors (Lipinski definition) is 18. The smallest absolute Gasteiger partial charge is 0.317 e. The van der Waals surface area contributed by atoms with E-state index in [1.807, 2.05) is 87.9 Å². The van der Waals surface area contributed by atoms with Crippen LogP contribution in [0.15, 0.2) is 134 Å². The molecule has 3 saturated heterocycles. The molecule has 11 rings (SSSR count). The number of carbonyl (C=O) groups is 6. The van der Waals surface area contributed by atoms with Gasteiger partial charge in [0.05, 0.1) is 37.0 Å². The lowest BCUT2D eigenvalue weighted by Crippen LogP contribution is -2.57. The van der Waals surface area contributed by atoms with Crippen molar-refractivity contribution in [3.8, 4) is 11.3 Å². The summed E-state index contributed by atoms with van der Waals surface area (Å²) in [5.74, 6) is 2.94. The number of piperazine rings is 2. The largest absolute Gasteiger partial charge is 0.443 e. The number of anilines is 2. The van der Waals surface area contributed by atoms with E-state index in [-0.39, 0.29) is 92.6 Å². The van der Waals surface area contributed by atoms with Gasteiger partial charge in [0.15, 0.2) is 12.2 Å². The Morgan fingerprint density at radius 3 is 2.16 bits per heavy atom. The number of oxazole rings is 1. The van der Waals surface area contributed by atoms with Crippen LogP contribution < -0.4 is 36.2 Å². The van der Waals surface area contributed by atoms with Crippen LogP contribution in [0.1, 0.15) is 134 Å². The topological polar surface area (TPSA) is 269 Å². The quantitative estimate of drug-likeness (QED) is 0.00873. The van der Waals surface area contributed by atoms with Crippen LogP contribution in [-0.2, 0) is 45.2 Å². The minimum absolute atomic E-state index is 0.0287. The molecule has 6 N–H and O–H groups in total. The zero-order valence-electron chi connectivity index (χ0n) is 63.5. The molecule has 7 amide bonds. The highest BCUT2D eigenvalue weighted by Gasteiger charge is 2.55. The Hall–Kier alpha value is -7.46. The second-order valence-electron chi connectivity index (χ2n) is 31.6. The molecule has 0 radical (unpaired) electrons. The second kappa shape index (κ2) is 37.3. The van der Waals surface area contributed by atoms with Crippen molar-refractivity contribution < 1.29 is 51.1 Å². The molecule has 3 aliphatic heterocycles. The summed E-state index contributed by atoms with van der Waals surface area (Å²) in [5, 5.41) is 15.2. The maximum absolute atomic E-state index is 14.0. The first-order valence-electron chi connectivity index (χ1n) is 38.6. The predicted octanol–water partition coefficient (Wildman–Crippen LogP) is 10.4. The second-order valence-corrected chi connectivity index (χ2v) is 34.9. The van der Waals surface area contributed by atoms with E-state index in [0.717, 1.165) is 103 Å². The monoisotopic (exact) mass is 1520 g/mol. The number of sulfonamides is 1. The van der Waals surface area contributed by atoms with Crippen molar-refractivity contribution in [3.63, 3.8) is 0 Å². The van der Waals surface area contributed by atoms with Crippen LogP contribution in [0.2, 0.25) is 0 Å². The van der Waals surface area contributed by atoms with E-state index in [0.29, 0.717) is 73.9 Å². The van der Waals surface area contributed by atoms with Gasteiger partial charge in [-0.2, -0.15) is 0 Å². The Morgan fingerprint density at radius 1 is 0.785 bits per heavy atom. The summed E-state index contributed by atoms with van der Waals surface area (Å²) < 4.78 is 46.6. The zero-order chi connectivity index (χ0) is 75.8. The van der Waals surface area contributed by atoms with Gasteiger partial charge < -0.3 is 55.2 Å². The molecule has 6 aliphatic rings. The van der Waals surface area contributed by atoms with Crippen LogP contribution in [-0.4, -0.2) is 204 Å². The minimum atomic E-state index is -4.24. The molecule has 23 nitrogen and oxygen atoms in total. The third kappa shape index (κ3) is 22.4. The molecule has 4 aromatic carbocycles. The number of amides is 7. The molecule has 5 aromatic rings. The zero-order valence-corrected chi connectivity index (χ0v) is 66.0. The molecular weight excluding hydrogens is 1410 g/mol. The van der Waals surface area contributed by atoms with Crippen LogP contribution in [0.4, 0.5) is 16.2 Å². The summed E-state index contributed by atoms with van der Waals surface area (Å²) >= 11 is 6.49. The Morgan fingerprint density at radius 2 is 1.49 bits per heavy atom. The van der Waals surface area contributed by atoms with Crippen LogP contribution in [0.5, 0.6) is 0 Å². The third-order valence-corrected chi connectivity index (χ3v) is 25.2. The molecule has 1 aromatic heterocycles. The standard InChI is InChI=1S/C81H112N12O11S3/c1-8-57-47-66(67-49-65(57)67)68-50-81(6,7)30-28-60(68)52-90-37-39-91(40-38-90)62-22-20-59(21-23-62)76(96)88-107(100,101)64-24-25-69(71(105)48-64)86-61(53-106-63-13-10-9-11-14-63)29-34-89-35-41-92(42-36-89)79(99)83-32-44-103-46-45-102-43-31-82-72(94)26-27-73(95)87-75(80(3,4)5)78(98)93-33-12-15-70(93)77(97)84-51-56-16-18-58(19-17-56)74-55(2)85-54-104-74/h9-11,13-14,16-25,48,54,57,61,65-67,70,75,86,105H,8,12,15,26-47,49-53H2,1-7H3,(H,82,94)(H,83,99)(H,84,97)(H,87,95)(H,88,96)/t57-,61-,65?,66+,67-,70+,75-/m1/s1. The van der Waals surface area contributed by atoms with Gasteiger partial charge in [-0.3, -0.25) is 33.8 Å². The van der Waals surface area contributed by atoms with Gasteiger partial charge in [0.2, 0.25) is 23.6 Å². The van der Waals surface area contributed by atoms with E-state index in [4.69, 9.17) is 26.5 Å². The van der Waals surface area contributed by atoms with Crippen molar-refractivity contribution in [3.05, 3.63) is 131 Å². The lowest BCUT2D eigenvalue weighted by Gasteiger charge is -2.40. The third-order valence-electron chi connectivity index (χ3n) is 22.3. The van der Waals surface area contributed by atoms with Gasteiger partial charge in [-0.1, -0.05) is 102 Å². The van der Waals surface area contributed by atoms with Crippen molar-refractivity contribution in [2.24, 2.45) is 34.5 Å². The van der Waals surface area contributed by atoms with Gasteiger partial charge in [0.1, 0.15) is 12.1 Å². The average Bonchev–Trinajstić information content (AvgIpc) is 1.58. The van der Waals surface area contributed by atoms with Crippen LogP contribution in [0.25, 0.3) is 11.3 Å². The molecule has 2 saturated carbocycles. The number of nitrogens with one attached hydrogen (secondary N) is 6. The van der Waals surface area contributed by atoms with Crippen LogP contribution in [0.3, 0.4) is 0 Å². The molecule has 7 atom stereocenters. The van der Waals surface area contributed by atoms with E-state index < -0.39 is 39.3 Å². The lowest BCUT2D eigenvalue weighted by molar-refractivity contribution is -0.144. The van der Waals surface area contributed by atoms with Crippen LogP contribution in [0, 0.1) is 41.4 Å². The first-order valence-corrected chi connectivity index (χ1v) is 41.5. The van der Waals surface area contributed by atoms with Gasteiger partial charge in [-0.05, 0) is 153 Å². The fourth-order valence-electron chi connectivity index (χ4n) is 15.9. The number of aryl methyl sites for hydroxylation is 1. The maximum Gasteiger partial charge on any atom is 0.317 e.